The number of hydrogen-bond acceptors (Lipinski definition) is 5. The number of anilines is 1. The Labute approximate surface area is 129 Å². The van der Waals surface area contributed by atoms with E-state index >= 15 is 0 Å². The number of para-hydroxylation sites is 1. The molecule has 0 fully saturated rings. The first-order valence-electron chi connectivity index (χ1n) is 7.08. The Bertz CT molecular complexity index is 811. The quantitative estimate of drug-likeness (QED) is 0.739. The molecule has 0 amide bonds. The third kappa shape index (κ3) is 2.47. The molecule has 6 nitrogen and oxygen atoms in total. The van der Waals surface area contributed by atoms with Crippen molar-refractivity contribution in [2.45, 2.75) is 13.5 Å². The molecule has 0 atom stereocenters. The Balaban J connectivity index is 2.08. The maximum absolute atomic E-state index is 5.43. The van der Waals surface area contributed by atoms with Gasteiger partial charge in [0.15, 0.2) is 0 Å². The molecule has 0 spiro atoms. The van der Waals surface area contributed by atoms with Gasteiger partial charge in [0.1, 0.15) is 23.4 Å². The maximum atomic E-state index is 5.43. The zero-order valence-electron chi connectivity index (χ0n) is 13.2. The first-order valence-corrected chi connectivity index (χ1v) is 7.08. The van der Waals surface area contributed by atoms with E-state index in [1.807, 2.05) is 33.2 Å². The normalized spacial score (nSPS) is 10.9. The highest BCUT2D eigenvalue weighted by atomic mass is 16.5. The highest BCUT2D eigenvalue weighted by Crippen LogP contribution is 2.32. The Kier molecular flexibility index (Phi) is 3.66. The van der Waals surface area contributed by atoms with Crippen molar-refractivity contribution in [3.05, 3.63) is 42.1 Å². The number of rotatable bonds is 4. The van der Waals surface area contributed by atoms with Gasteiger partial charge in [-0.1, -0.05) is 12.1 Å². The van der Waals surface area contributed by atoms with Gasteiger partial charge in [-0.15, -0.1) is 0 Å². The minimum atomic E-state index is 0.673. The topological polar surface area (TPSA) is 56.1 Å². The van der Waals surface area contributed by atoms with Crippen LogP contribution in [0.15, 0.2) is 30.6 Å². The van der Waals surface area contributed by atoms with Crippen LogP contribution < -0.4 is 9.64 Å². The van der Waals surface area contributed by atoms with Crippen LogP contribution in [-0.2, 0) is 13.6 Å². The second-order valence-corrected chi connectivity index (χ2v) is 5.30. The van der Waals surface area contributed by atoms with Gasteiger partial charge in [-0.25, -0.2) is 9.97 Å². The summed E-state index contributed by atoms with van der Waals surface area (Å²) in [5.74, 6) is 1.70. The number of fused-ring (bicyclic) bond motifs is 1. The van der Waals surface area contributed by atoms with Gasteiger partial charge < -0.3 is 9.64 Å². The van der Waals surface area contributed by atoms with E-state index in [9.17, 15) is 0 Å². The lowest BCUT2D eigenvalue weighted by molar-refractivity contribution is 0.419. The predicted octanol–water partition coefficient (Wildman–Crippen LogP) is 2.32. The highest BCUT2D eigenvalue weighted by molar-refractivity contribution is 5.95. The average molecular weight is 297 g/mol. The van der Waals surface area contributed by atoms with Crippen LogP contribution in [0.25, 0.3) is 10.9 Å². The van der Waals surface area contributed by atoms with Crippen LogP contribution >= 0.6 is 0 Å². The van der Waals surface area contributed by atoms with E-state index in [0.717, 1.165) is 33.9 Å². The van der Waals surface area contributed by atoms with Crippen molar-refractivity contribution in [2.24, 2.45) is 7.05 Å². The number of methoxy groups -OCH3 is 1. The zero-order valence-corrected chi connectivity index (χ0v) is 13.2. The van der Waals surface area contributed by atoms with Crippen LogP contribution in [0.1, 0.15) is 11.5 Å². The first-order chi connectivity index (χ1) is 10.6. The summed E-state index contributed by atoms with van der Waals surface area (Å²) in [7, 11) is 5.61. The Morgan fingerprint density at radius 1 is 1.32 bits per heavy atom. The van der Waals surface area contributed by atoms with E-state index in [-0.39, 0.29) is 0 Å². The van der Waals surface area contributed by atoms with E-state index in [0.29, 0.717) is 6.54 Å². The molecule has 0 radical (unpaired) electrons. The Morgan fingerprint density at radius 2 is 2.14 bits per heavy atom. The molecule has 0 saturated heterocycles. The van der Waals surface area contributed by atoms with Crippen molar-refractivity contribution in [1.82, 2.24) is 19.7 Å². The number of benzene rings is 1. The van der Waals surface area contributed by atoms with Gasteiger partial charge >= 0.3 is 0 Å². The van der Waals surface area contributed by atoms with E-state index in [4.69, 9.17) is 4.74 Å². The van der Waals surface area contributed by atoms with Gasteiger partial charge in [0.05, 0.1) is 13.7 Å². The number of pyridine rings is 1. The molecule has 2 heterocycles. The molecule has 0 N–H and O–H groups in total. The van der Waals surface area contributed by atoms with Gasteiger partial charge in [0.2, 0.25) is 0 Å². The summed E-state index contributed by atoms with van der Waals surface area (Å²) in [6.07, 6.45) is 1.57. The summed E-state index contributed by atoms with van der Waals surface area (Å²) in [6.45, 7) is 2.66. The second-order valence-electron chi connectivity index (χ2n) is 5.30. The number of aromatic nitrogens is 4. The average Bonchev–Trinajstić information content (AvgIpc) is 2.91. The molecule has 0 aliphatic rings. The van der Waals surface area contributed by atoms with E-state index in [1.54, 1.807) is 18.1 Å². The molecule has 0 unspecified atom stereocenters. The van der Waals surface area contributed by atoms with Crippen LogP contribution in [-0.4, -0.2) is 33.9 Å². The fourth-order valence-corrected chi connectivity index (χ4v) is 2.57. The van der Waals surface area contributed by atoms with Crippen molar-refractivity contribution >= 4 is 16.6 Å². The molecule has 3 aromatic rings. The largest absolute Gasteiger partial charge is 0.494 e. The molecule has 2 aromatic heterocycles. The van der Waals surface area contributed by atoms with Crippen LogP contribution in [0.2, 0.25) is 0 Å². The fraction of sp³-hybridized carbons (Fsp3) is 0.312. The van der Waals surface area contributed by atoms with Crippen molar-refractivity contribution < 1.29 is 4.74 Å². The van der Waals surface area contributed by atoms with E-state index < -0.39 is 0 Å². The maximum Gasteiger partial charge on any atom is 0.146 e. The standard InChI is InChI=1S/C16H19N5O/c1-11-8-13(20(2)9-15-17-10-18-21(15)3)12-6-5-7-14(22-4)16(12)19-11/h5-8,10H,9H2,1-4H3. The highest BCUT2D eigenvalue weighted by Gasteiger charge is 2.13. The molecule has 0 bridgehead atoms. The van der Waals surface area contributed by atoms with Crippen LogP contribution in [0.3, 0.4) is 0 Å². The smallest absolute Gasteiger partial charge is 0.146 e. The van der Waals surface area contributed by atoms with Crippen molar-refractivity contribution in [3.63, 3.8) is 0 Å². The second kappa shape index (κ2) is 5.63. The number of aryl methyl sites for hydroxylation is 2. The molecule has 6 heteroatoms. The van der Waals surface area contributed by atoms with E-state index in [2.05, 4.69) is 32.1 Å². The SMILES string of the molecule is COc1cccc2c(N(C)Cc3ncnn3C)cc(C)nc12. The lowest BCUT2D eigenvalue weighted by Crippen LogP contribution is -2.20. The minimum absolute atomic E-state index is 0.673. The zero-order chi connectivity index (χ0) is 15.7. The van der Waals surface area contributed by atoms with Gasteiger partial charge in [-0.05, 0) is 19.1 Å². The summed E-state index contributed by atoms with van der Waals surface area (Å²) in [5, 5.41) is 5.18. The molecule has 0 aliphatic heterocycles. The molecule has 0 saturated carbocycles. The molecule has 0 aliphatic carbocycles. The molecule has 3 rings (SSSR count). The van der Waals surface area contributed by atoms with Crippen molar-refractivity contribution in [3.8, 4) is 5.75 Å². The van der Waals surface area contributed by atoms with Gasteiger partial charge in [-0.3, -0.25) is 4.68 Å². The molecule has 22 heavy (non-hydrogen) atoms. The van der Waals surface area contributed by atoms with Crippen LogP contribution in [0.5, 0.6) is 5.75 Å². The summed E-state index contributed by atoms with van der Waals surface area (Å²) >= 11 is 0. The summed E-state index contributed by atoms with van der Waals surface area (Å²) < 4.78 is 7.22. The Hall–Kier alpha value is -2.63. The van der Waals surface area contributed by atoms with Gasteiger partial charge in [0, 0.05) is 30.9 Å². The summed E-state index contributed by atoms with van der Waals surface area (Å²) in [6, 6.07) is 8.06. The Morgan fingerprint density at radius 3 is 2.82 bits per heavy atom. The first kappa shape index (κ1) is 14.3. The van der Waals surface area contributed by atoms with Gasteiger partial charge in [0.25, 0.3) is 0 Å². The summed E-state index contributed by atoms with van der Waals surface area (Å²) in [5.41, 5.74) is 2.94. The van der Waals surface area contributed by atoms with Crippen LogP contribution in [0.4, 0.5) is 5.69 Å². The number of hydrogen-bond donors (Lipinski definition) is 0. The summed E-state index contributed by atoms with van der Waals surface area (Å²) in [4.78, 5) is 11.1. The third-order valence-electron chi connectivity index (χ3n) is 3.72. The predicted molar refractivity (Wildman–Crippen MR) is 86.1 cm³/mol. The monoisotopic (exact) mass is 297 g/mol. The fourth-order valence-electron chi connectivity index (χ4n) is 2.57. The number of nitrogens with zero attached hydrogens (tertiary/aromatic N) is 5. The van der Waals surface area contributed by atoms with Crippen molar-refractivity contribution in [1.29, 1.82) is 0 Å². The van der Waals surface area contributed by atoms with Crippen LogP contribution in [0, 0.1) is 6.92 Å². The van der Waals surface area contributed by atoms with Crippen molar-refractivity contribution in [2.75, 3.05) is 19.1 Å². The number of ether oxygens (including phenoxy) is 1. The molecular weight excluding hydrogens is 278 g/mol. The molecular formula is C16H19N5O. The van der Waals surface area contributed by atoms with Gasteiger partial charge in [-0.2, -0.15) is 5.10 Å². The minimum Gasteiger partial charge on any atom is -0.494 e. The lowest BCUT2D eigenvalue weighted by Gasteiger charge is -2.21. The molecule has 114 valence electrons. The molecule has 1 aromatic carbocycles. The van der Waals surface area contributed by atoms with E-state index in [1.165, 1.54) is 0 Å². The lowest BCUT2D eigenvalue weighted by atomic mass is 10.1. The third-order valence-corrected chi connectivity index (χ3v) is 3.72.